The molecule has 27 heavy (non-hydrogen) atoms. The maximum absolute atomic E-state index is 12.8. The minimum Gasteiger partial charge on any atom is -0.349 e. The van der Waals surface area contributed by atoms with Crippen LogP contribution in [0.25, 0.3) is 0 Å². The molecule has 1 aromatic carbocycles. The number of hydrogen-bond donors (Lipinski definition) is 1. The summed E-state index contributed by atoms with van der Waals surface area (Å²) in [6.45, 7) is 0.430. The number of carbonyl (C=O) groups is 2. The second-order valence-corrected chi connectivity index (χ2v) is 8.07. The molecular weight excluding hydrogens is 366 g/mol. The number of benzene rings is 1. The van der Waals surface area contributed by atoms with Crippen molar-refractivity contribution in [2.24, 2.45) is 0 Å². The summed E-state index contributed by atoms with van der Waals surface area (Å²) in [5, 5.41) is 13.8. The first kappa shape index (κ1) is 17.7. The highest BCUT2D eigenvalue weighted by atomic mass is 32.1. The zero-order valence-corrected chi connectivity index (χ0v) is 15.4. The number of thiophene rings is 1. The highest BCUT2D eigenvalue weighted by Crippen LogP contribution is 2.32. The highest BCUT2D eigenvalue weighted by molar-refractivity contribution is 7.17. The van der Waals surface area contributed by atoms with E-state index in [1.54, 1.807) is 17.0 Å². The molecule has 2 aliphatic carbocycles. The Morgan fingerprint density at radius 3 is 2.37 bits per heavy atom. The SMILES string of the molecule is O=C(NC1CC1)c1ccc(CN(C(=O)c2ccc([N+](=O)[O-])s2)C2CC2)cc1. The van der Waals surface area contributed by atoms with E-state index in [4.69, 9.17) is 0 Å². The van der Waals surface area contributed by atoms with E-state index >= 15 is 0 Å². The van der Waals surface area contributed by atoms with E-state index in [2.05, 4.69) is 5.32 Å². The van der Waals surface area contributed by atoms with Crippen molar-refractivity contribution in [3.63, 3.8) is 0 Å². The predicted octanol–water partition coefficient (Wildman–Crippen LogP) is 3.35. The quantitative estimate of drug-likeness (QED) is 0.584. The van der Waals surface area contributed by atoms with Gasteiger partial charge in [0, 0.05) is 30.3 Å². The fraction of sp³-hybridized carbons (Fsp3) is 0.368. The van der Waals surface area contributed by atoms with Gasteiger partial charge in [0.05, 0.1) is 9.80 Å². The second-order valence-electron chi connectivity index (χ2n) is 7.00. The van der Waals surface area contributed by atoms with Gasteiger partial charge >= 0.3 is 5.00 Å². The summed E-state index contributed by atoms with van der Waals surface area (Å²) in [7, 11) is 0. The summed E-state index contributed by atoms with van der Waals surface area (Å²) in [4.78, 5) is 37.4. The Bertz CT molecular complexity index is 885. The summed E-state index contributed by atoms with van der Waals surface area (Å²) in [6.07, 6.45) is 3.98. The van der Waals surface area contributed by atoms with E-state index in [0.29, 0.717) is 23.0 Å². The average molecular weight is 385 g/mol. The molecule has 7 nitrogen and oxygen atoms in total. The van der Waals surface area contributed by atoms with Crippen molar-refractivity contribution in [3.8, 4) is 0 Å². The standard InChI is InChI=1S/C19H19N3O4S/c23-18(20-14-5-6-14)13-3-1-12(2-4-13)11-21(15-7-8-15)19(24)16-9-10-17(27-16)22(25)26/h1-4,9-10,14-15H,5-8,11H2,(H,20,23). The minimum absolute atomic E-state index is 0.0277. The maximum atomic E-state index is 12.8. The Balaban J connectivity index is 1.45. The van der Waals surface area contributed by atoms with Crippen LogP contribution in [-0.2, 0) is 6.54 Å². The lowest BCUT2D eigenvalue weighted by Gasteiger charge is -2.22. The molecule has 2 fully saturated rings. The topological polar surface area (TPSA) is 92.6 Å². The van der Waals surface area contributed by atoms with Crippen LogP contribution in [-0.4, -0.2) is 33.7 Å². The van der Waals surface area contributed by atoms with Crippen molar-refractivity contribution >= 4 is 28.2 Å². The molecule has 0 saturated heterocycles. The van der Waals surface area contributed by atoms with Crippen LogP contribution < -0.4 is 5.32 Å². The van der Waals surface area contributed by atoms with E-state index in [1.807, 2.05) is 12.1 Å². The van der Waals surface area contributed by atoms with Gasteiger partial charge in [-0.05, 0) is 49.4 Å². The zero-order valence-electron chi connectivity index (χ0n) is 14.6. The molecule has 140 valence electrons. The number of carbonyl (C=O) groups excluding carboxylic acids is 2. The van der Waals surface area contributed by atoms with E-state index in [9.17, 15) is 19.7 Å². The van der Waals surface area contributed by atoms with Crippen LogP contribution in [0.4, 0.5) is 5.00 Å². The Labute approximate surface area is 160 Å². The van der Waals surface area contributed by atoms with Crippen molar-refractivity contribution in [2.75, 3.05) is 0 Å². The number of nitrogens with one attached hydrogen (secondary N) is 1. The summed E-state index contributed by atoms with van der Waals surface area (Å²) < 4.78 is 0. The molecular formula is C19H19N3O4S. The monoisotopic (exact) mass is 385 g/mol. The lowest BCUT2D eigenvalue weighted by molar-refractivity contribution is -0.380. The van der Waals surface area contributed by atoms with Crippen molar-refractivity contribution in [3.05, 3.63) is 62.5 Å². The van der Waals surface area contributed by atoms with Gasteiger partial charge < -0.3 is 10.2 Å². The van der Waals surface area contributed by atoms with Gasteiger partial charge in [0.15, 0.2) is 0 Å². The number of rotatable bonds is 7. The van der Waals surface area contributed by atoms with Crippen molar-refractivity contribution in [1.29, 1.82) is 0 Å². The van der Waals surface area contributed by atoms with E-state index < -0.39 is 4.92 Å². The van der Waals surface area contributed by atoms with Crippen LogP contribution in [0.2, 0.25) is 0 Å². The molecule has 1 N–H and O–H groups in total. The molecule has 0 unspecified atom stereocenters. The maximum Gasteiger partial charge on any atom is 0.324 e. The van der Waals surface area contributed by atoms with Crippen LogP contribution in [0.15, 0.2) is 36.4 Å². The highest BCUT2D eigenvalue weighted by Gasteiger charge is 2.34. The van der Waals surface area contributed by atoms with Gasteiger partial charge in [-0.2, -0.15) is 0 Å². The van der Waals surface area contributed by atoms with Gasteiger partial charge in [-0.3, -0.25) is 19.7 Å². The minimum atomic E-state index is -0.478. The fourth-order valence-electron chi connectivity index (χ4n) is 2.89. The summed E-state index contributed by atoms with van der Waals surface area (Å²) in [6, 6.07) is 10.7. The second kappa shape index (κ2) is 7.11. The van der Waals surface area contributed by atoms with E-state index in [-0.39, 0.29) is 22.9 Å². The number of hydrogen-bond acceptors (Lipinski definition) is 5. The summed E-state index contributed by atoms with van der Waals surface area (Å²) >= 11 is 0.908. The van der Waals surface area contributed by atoms with Gasteiger partial charge in [0.25, 0.3) is 11.8 Å². The molecule has 0 aliphatic heterocycles. The first-order valence-electron chi connectivity index (χ1n) is 8.96. The van der Waals surface area contributed by atoms with Crippen LogP contribution in [0.3, 0.4) is 0 Å². The summed E-state index contributed by atoms with van der Waals surface area (Å²) in [5.41, 5.74) is 1.55. The van der Waals surface area contributed by atoms with Crippen LogP contribution in [0.1, 0.15) is 51.3 Å². The van der Waals surface area contributed by atoms with Crippen molar-refractivity contribution in [2.45, 2.75) is 44.3 Å². The van der Waals surface area contributed by atoms with Crippen LogP contribution in [0, 0.1) is 10.1 Å². The third-order valence-corrected chi connectivity index (χ3v) is 5.74. The fourth-order valence-corrected chi connectivity index (χ4v) is 3.67. The molecule has 4 rings (SSSR count). The molecule has 8 heteroatoms. The molecule has 0 bridgehead atoms. The number of nitrogens with zero attached hydrogens (tertiary/aromatic N) is 2. The average Bonchev–Trinajstić information content (AvgIpc) is 3.59. The lowest BCUT2D eigenvalue weighted by atomic mass is 10.1. The molecule has 0 radical (unpaired) electrons. The van der Waals surface area contributed by atoms with E-state index in [0.717, 1.165) is 42.6 Å². The Kier molecular flexibility index (Phi) is 4.65. The van der Waals surface area contributed by atoms with Gasteiger partial charge in [-0.1, -0.05) is 23.5 Å². The molecule has 0 atom stereocenters. The molecule has 2 aromatic rings. The van der Waals surface area contributed by atoms with Crippen molar-refractivity contribution in [1.82, 2.24) is 10.2 Å². The Morgan fingerprint density at radius 1 is 1.11 bits per heavy atom. The Hall–Kier alpha value is -2.74. The molecule has 2 aliphatic rings. The van der Waals surface area contributed by atoms with Gasteiger partial charge in [-0.25, -0.2) is 0 Å². The molecule has 1 heterocycles. The molecule has 2 amide bonds. The zero-order chi connectivity index (χ0) is 19.0. The molecule has 2 saturated carbocycles. The summed E-state index contributed by atoms with van der Waals surface area (Å²) in [5.74, 6) is -0.240. The van der Waals surface area contributed by atoms with Gasteiger partial charge in [0.2, 0.25) is 0 Å². The predicted molar refractivity (Wildman–Crippen MR) is 101 cm³/mol. The van der Waals surface area contributed by atoms with E-state index in [1.165, 1.54) is 12.1 Å². The lowest BCUT2D eigenvalue weighted by Crippen LogP contribution is -2.32. The molecule has 0 spiro atoms. The third kappa shape index (κ3) is 4.16. The van der Waals surface area contributed by atoms with Crippen molar-refractivity contribution < 1.29 is 14.5 Å². The third-order valence-electron chi connectivity index (χ3n) is 4.71. The molecule has 1 aromatic heterocycles. The smallest absolute Gasteiger partial charge is 0.324 e. The van der Waals surface area contributed by atoms with Crippen LogP contribution >= 0.6 is 11.3 Å². The number of amides is 2. The Morgan fingerprint density at radius 2 is 1.81 bits per heavy atom. The number of nitro groups is 1. The van der Waals surface area contributed by atoms with Crippen LogP contribution in [0.5, 0.6) is 0 Å². The van der Waals surface area contributed by atoms with Gasteiger partial charge in [0.1, 0.15) is 0 Å². The van der Waals surface area contributed by atoms with Gasteiger partial charge in [-0.15, -0.1) is 0 Å². The normalized spacial score (nSPS) is 16.0. The first-order valence-corrected chi connectivity index (χ1v) is 9.78. The largest absolute Gasteiger partial charge is 0.349 e. The first-order chi connectivity index (χ1) is 13.0.